The van der Waals surface area contributed by atoms with E-state index < -0.39 is 0 Å². The maximum Gasteiger partial charge on any atom is 0.208 e. The molecule has 2 atom stereocenters. The highest BCUT2D eigenvalue weighted by atomic mass is 32.3. The molecule has 0 saturated carbocycles. The SMILES string of the molecule is CSC1SC2=C(SC(=C3SC4=C(OCCO4)S3)S2)SC1SC. The molecule has 0 aromatic heterocycles. The Morgan fingerprint density at radius 1 is 0.727 bits per heavy atom. The second kappa shape index (κ2) is 7.47. The molecule has 2 unspecified atom stereocenters. The highest BCUT2D eigenvalue weighted by Crippen LogP contribution is 2.68. The van der Waals surface area contributed by atoms with Crippen LogP contribution in [-0.2, 0) is 9.47 Å². The molecule has 2 nitrogen and oxygen atoms in total. The zero-order valence-electron chi connectivity index (χ0n) is 11.7. The van der Waals surface area contributed by atoms with Crippen LogP contribution in [0.25, 0.3) is 0 Å². The average Bonchev–Trinajstić information content (AvgIpc) is 3.16. The summed E-state index contributed by atoms with van der Waals surface area (Å²) in [5, 5.41) is 1.91. The molecular weight excluding hydrogens is 433 g/mol. The Kier molecular flexibility index (Phi) is 5.79. The number of hydrogen-bond donors (Lipinski definition) is 0. The highest BCUT2D eigenvalue weighted by Gasteiger charge is 2.38. The summed E-state index contributed by atoms with van der Waals surface area (Å²) in [4.78, 5) is 0. The van der Waals surface area contributed by atoms with Crippen LogP contribution in [0.1, 0.15) is 0 Å². The first-order valence-electron chi connectivity index (χ1n) is 6.37. The maximum atomic E-state index is 5.69. The molecule has 120 valence electrons. The normalized spacial score (nSPS) is 31.2. The average molecular weight is 445 g/mol. The van der Waals surface area contributed by atoms with E-state index in [-0.39, 0.29) is 0 Å². The van der Waals surface area contributed by atoms with Crippen molar-refractivity contribution in [1.82, 2.24) is 0 Å². The summed E-state index contributed by atoms with van der Waals surface area (Å²) in [6.07, 6.45) is 4.43. The number of hydrogen-bond acceptors (Lipinski definition) is 10. The Hall–Kier alpha value is 1.62. The Morgan fingerprint density at radius 3 is 1.64 bits per heavy atom. The van der Waals surface area contributed by atoms with Crippen molar-refractivity contribution in [3.05, 3.63) is 27.1 Å². The molecule has 0 bridgehead atoms. The predicted octanol–water partition coefficient (Wildman–Crippen LogP) is 6.23. The molecule has 0 spiro atoms. The van der Waals surface area contributed by atoms with E-state index in [1.165, 1.54) is 16.9 Å². The van der Waals surface area contributed by atoms with E-state index in [0.717, 1.165) is 10.2 Å². The Bertz CT molecular complexity index is 538. The van der Waals surface area contributed by atoms with Gasteiger partial charge in [-0.25, -0.2) is 0 Å². The van der Waals surface area contributed by atoms with Gasteiger partial charge in [-0.05, 0) is 36.0 Å². The molecule has 0 N–H and O–H groups in total. The molecule has 0 saturated heterocycles. The van der Waals surface area contributed by atoms with Gasteiger partial charge in [-0.3, -0.25) is 0 Å². The van der Waals surface area contributed by atoms with Gasteiger partial charge in [0, 0.05) is 0 Å². The molecule has 0 amide bonds. The summed E-state index contributed by atoms with van der Waals surface area (Å²) in [5.41, 5.74) is 0. The van der Waals surface area contributed by atoms with Crippen molar-refractivity contribution in [2.75, 3.05) is 25.7 Å². The van der Waals surface area contributed by atoms with Crippen molar-refractivity contribution < 1.29 is 9.47 Å². The standard InChI is InChI=1S/C12H12O2S8/c1-15-7-8(16-2)20-12-11(19-7)21-10(22-12)9-17-5-6(18-9)14-4-3-13-5/h7-8H,3-4H2,1-2H3. The second-order valence-corrected chi connectivity index (χ2v) is 14.2. The summed E-state index contributed by atoms with van der Waals surface area (Å²) in [6.45, 7) is 1.33. The summed E-state index contributed by atoms with van der Waals surface area (Å²) < 4.78 is 18.3. The molecule has 22 heavy (non-hydrogen) atoms. The molecule has 0 aromatic rings. The first-order chi connectivity index (χ1) is 10.8. The van der Waals surface area contributed by atoms with Gasteiger partial charge in [0.2, 0.25) is 10.2 Å². The van der Waals surface area contributed by atoms with Crippen LogP contribution in [0.2, 0.25) is 0 Å². The minimum absolute atomic E-state index is 0.637. The first kappa shape index (κ1) is 17.1. The molecular formula is C12H12O2S8. The summed E-state index contributed by atoms with van der Waals surface area (Å²) in [5.74, 6) is 0. The fourth-order valence-corrected chi connectivity index (χ4v) is 14.1. The van der Waals surface area contributed by atoms with Gasteiger partial charge in [-0.2, -0.15) is 0 Å². The fourth-order valence-electron chi connectivity index (χ4n) is 1.94. The highest BCUT2D eigenvalue weighted by molar-refractivity contribution is 8.45. The summed E-state index contributed by atoms with van der Waals surface area (Å²) in [7, 11) is 0. The number of ether oxygens (including phenoxy) is 2. The molecule has 4 aliphatic heterocycles. The lowest BCUT2D eigenvalue weighted by Gasteiger charge is -2.27. The van der Waals surface area contributed by atoms with E-state index in [1.54, 1.807) is 23.5 Å². The van der Waals surface area contributed by atoms with Gasteiger partial charge in [0.25, 0.3) is 0 Å². The van der Waals surface area contributed by atoms with Crippen molar-refractivity contribution in [1.29, 1.82) is 0 Å². The lowest BCUT2D eigenvalue weighted by atomic mass is 10.7. The summed E-state index contributed by atoms with van der Waals surface area (Å²) >= 11 is 15.3. The quantitative estimate of drug-likeness (QED) is 0.485. The van der Waals surface area contributed by atoms with Crippen molar-refractivity contribution in [3.63, 3.8) is 0 Å². The topological polar surface area (TPSA) is 18.5 Å². The maximum absolute atomic E-state index is 5.69. The zero-order chi connectivity index (χ0) is 15.1. The first-order valence-corrected chi connectivity index (χ1v) is 14.0. The lowest BCUT2D eigenvalue weighted by molar-refractivity contribution is 0.0949. The van der Waals surface area contributed by atoms with Crippen molar-refractivity contribution in [2.45, 2.75) is 9.16 Å². The third kappa shape index (κ3) is 3.32. The Balaban J connectivity index is 1.50. The van der Waals surface area contributed by atoms with Gasteiger partial charge in [-0.1, -0.05) is 23.5 Å². The van der Waals surface area contributed by atoms with Gasteiger partial charge in [0.05, 0.1) is 26.1 Å². The van der Waals surface area contributed by atoms with E-state index >= 15 is 0 Å². The predicted molar refractivity (Wildman–Crippen MR) is 113 cm³/mol. The van der Waals surface area contributed by atoms with Crippen LogP contribution in [-0.4, -0.2) is 34.9 Å². The largest absolute Gasteiger partial charge is 0.480 e. The smallest absolute Gasteiger partial charge is 0.208 e. The number of thioether (sulfide) groups is 8. The van der Waals surface area contributed by atoms with Gasteiger partial charge in [-0.15, -0.1) is 47.0 Å². The lowest BCUT2D eigenvalue weighted by Crippen LogP contribution is -2.15. The molecule has 0 radical (unpaired) electrons. The van der Waals surface area contributed by atoms with E-state index in [1.807, 2.05) is 70.6 Å². The van der Waals surface area contributed by atoms with Gasteiger partial charge < -0.3 is 9.47 Å². The molecule has 0 aromatic carbocycles. The van der Waals surface area contributed by atoms with Crippen LogP contribution in [0.5, 0.6) is 0 Å². The van der Waals surface area contributed by atoms with Crippen LogP contribution in [0.15, 0.2) is 27.1 Å². The minimum atomic E-state index is 0.637. The summed E-state index contributed by atoms with van der Waals surface area (Å²) in [6, 6.07) is 0. The number of rotatable bonds is 2. The Labute approximate surface area is 164 Å². The minimum Gasteiger partial charge on any atom is -0.480 e. The zero-order valence-corrected chi connectivity index (χ0v) is 18.2. The van der Waals surface area contributed by atoms with Crippen molar-refractivity contribution >= 4 is 94.1 Å². The second-order valence-electron chi connectivity index (χ2n) is 4.27. The van der Waals surface area contributed by atoms with Gasteiger partial charge >= 0.3 is 0 Å². The van der Waals surface area contributed by atoms with Crippen LogP contribution in [0.3, 0.4) is 0 Å². The molecule has 10 heteroatoms. The van der Waals surface area contributed by atoms with Crippen molar-refractivity contribution in [2.24, 2.45) is 0 Å². The van der Waals surface area contributed by atoms with Crippen LogP contribution >= 0.6 is 94.1 Å². The van der Waals surface area contributed by atoms with Gasteiger partial charge in [0.1, 0.15) is 13.2 Å². The van der Waals surface area contributed by atoms with Crippen LogP contribution in [0.4, 0.5) is 0 Å². The third-order valence-electron chi connectivity index (χ3n) is 2.92. The van der Waals surface area contributed by atoms with E-state index in [0.29, 0.717) is 22.4 Å². The van der Waals surface area contributed by atoms with E-state index in [9.17, 15) is 0 Å². The van der Waals surface area contributed by atoms with Crippen molar-refractivity contribution in [3.8, 4) is 0 Å². The Morgan fingerprint density at radius 2 is 1.18 bits per heavy atom. The molecule has 0 fully saturated rings. The van der Waals surface area contributed by atoms with Crippen LogP contribution in [0, 0.1) is 0 Å². The monoisotopic (exact) mass is 444 g/mol. The van der Waals surface area contributed by atoms with E-state index in [4.69, 9.17) is 9.47 Å². The molecule has 4 rings (SSSR count). The van der Waals surface area contributed by atoms with Gasteiger partial charge in [0.15, 0.2) is 0 Å². The fraction of sp³-hybridized carbons (Fsp3) is 0.500. The van der Waals surface area contributed by atoms with Crippen LogP contribution < -0.4 is 0 Å². The van der Waals surface area contributed by atoms with E-state index in [2.05, 4.69) is 12.5 Å². The molecule has 0 aliphatic carbocycles. The molecule has 4 heterocycles. The molecule has 4 aliphatic rings. The third-order valence-corrected chi connectivity index (χ3v) is 15.2.